The minimum atomic E-state index is -0.677. The van der Waals surface area contributed by atoms with E-state index >= 15 is 0 Å². The van der Waals surface area contributed by atoms with Crippen molar-refractivity contribution < 1.29 is 14.7 Å². The first kappa shape index (κ1) is 20.7. The summed E-state index contributed by atoms with van der Waals surface area (Å²) in [5.41, 5.74) is 2.60. The summed E-state index contributed by atoms with van der Waals surface area (Å²) in [6, 6.07) is 2.90. The number of aryl methyl sites for hydroxylation is 2. The molecule has 3 rings (SSSR count). The molecule has 1 N–H and O–H groups in total. The molecule has 1 aliphatic rings. The first-order chi connectivity index (χ1) is 13.7. The van der Waals surface area contributed by atoms with E-state index in [1.165, 1.54) is 4.90 Å². The molecule has 2 aromatic heterocycles. The normalized spacial score (nSPS) is 18.8. The van der Waals surface area contributed by atoms with Gasteiger partial charge in [0.2, 0.25) is 0 Å². The van der Waals surface area contributed by atoms with Crippen LogP contribution in [0, 0.1) is 13.8 Å². The number of Topliss-reactive ketones (excluding diaryl/α,β-unsaturated/α-hetero) is 1. The Kier molecular flexibility index (Phi) is 5.83. The first-order valence-corrected chi connectivity index (χ1v) is 9.57. The summed E-state index contributed by atoms with van der Waals surface area (Å²) in [6.07, 6.45) is 3.98. The van der Waals surface area contributed by atoms with Gasteiger partial charge in [-0.25, -0.2) is 0 Å². The zero-order valence-electron chi connectivity index (χ0n) is 17.5. The average molecular weight is 397 g/mol. The van der Waals surface area contributed by atoms with Crippen LogP contribution in [0.15, 0.2) is 30.1 Å². The Hall–Kier alpha value is -3.00. The molecule has 0 radical (unpaired) electrons. The lowest BCUT2D eigenvalue weighted by molar-refractivity contribution is -0.139. The van der Waals surface area contributed by atoms with Gasteiger partial charge in [-0.15, -0.1) is 0 Å². The number of hydrogen-bond donors (Lipinski definition) is 1. The lowest BCUT2D eigenvalue weighted by Gasteiger charge is -2.25. The van der Waals surface area contributed by atoms with E-state index < -0.39 is 17.7 Å². The Labute approximate surface area is 170 Å². The van der Waals surface area contributed by atoms with Gasteiger partial charge >= 0.3 is 0 Å². The maximum Gasteiger partial charge on any atom is 0.295 e. The standard InChI is InChI=1S/C21H27N5O3/c1-13-16(14(2)25(5)23-13)19(27)17-18(15-8-6-9-22-12-15)26(21(29)20(17)28)11-7-10-24(3)4/h6,8-9,12,18,27H,7,10-11H2,1-5H3/t18-/m0/s1. The summed E-state index contributed by atoms with van der Waals surface area (Å²) >= 11 is 0. The SMILES string of the molecule is Cc1nn(C)c(C)c1C(O)=C1C(=O)C(=O)N(CCCN(C)C)[C@H]1c1cccnc1. The number of aliphatic hydroxyl groups is 1. The van der Waals surface area contributed by atoms with Crippen LogP contribution < -0.4 is 0 Å². The lowest BCUT2D eigenvalue weighted by Crippen LogP contribution is -2.32. The summed E-state index contributed by atoms with van der Waals surface area (Å²) in [5.74, 6) is -1.46. The number of nitrogens with zero attached hydrogens (tertiary/aromatic N) is 5. The van der Waals surface area contributed by atoms with Crippen LogP contribution in [0.5, 0.6) is 0 Å². The van der Waals surface area contributed by atoms with Crippen molar-refractivity contribution in [1.82, 2.24) is 24.6 Å². The van der Waals surface area contributed by atoms with Crippen molar-refractivity contribution in [2.45, 2.75) is 26.3 Å². The average Bonchev–Trinajstić information content (AvgIpc) is 3.08. The van der Waals surface area contributed by atoms with Gasteiger partial charge in [-0.05, 0) is 52.5 Å². The van der Waals surface area contributed by atoms with Crippen molar-refractivity contribution >= 4 is 17.4 Å². The summed E-state index contributed by atoms with van der Waals surface area (Å²) < 4.78 is 1.65. The predicted octanol–water partition coefficient (Wildman–Crippen LogP) is 1.81. The van der Waals surface area contributed by atoms with Crippen molar-refractivity contribution in [2.24, 2.45) is 7.05 Å². The molecule has 0 bridgehead atoms. The Morgan fingerprint density at radius 2 is 2.00 bits per heavy atom. The van der Waals surface area contributed by atoms with Crippen LogP contribution in [0.4, 0.5) is 0 Å². The third kappa shape index (κ3) is 3.80. The minimum absolute atomic E-state index is 0.0899. The number of ketones is 1. The fraction of sp³-hybridized carbons (Fsp3) is 0.429. The third-order valence-corrected chi connectivity index (χ3v) is 5.29. The Morgan fingerprint density at radius 3 is 2.55 bits per heavy atom. The second kappa shape index (κ2) is 8.16. The molecule has 3 heterocycles. The van der Waals surface area contributed by atoms with Gasteiger partial charge in [-0.1, -0.05) is 6.07 Å². The van der Waals surface area contributed by atoms with Gasteiger partial charge in [0.25, 0.3) is 11.7 Å². The summed E-state index contributed by atoms with van der Waals surface area (Å²) in [6.45, 7) is 4.78. The highest BCUT2D eigenvalue weighted by Gasteiger charge is 2.46. The molecule has 1 atom stereocenters. The molecular formula is C21H27N5O3. The largest absolute Gasteiger partial charge is 0.507 e. The number of pyridine rings is 1. The maximum atomic E-state index is 13.0. The molecule has 1 aliphatic heterocycles. The molecule has 29 heavy (non-hydrogen) atoms. The van der Waals surface area contributed by atoms with Crippen LogP contribution in [-0.2, 0) is 16.6 Å². The van der Waals surface area contributed by atoms with Crippen molar-refractivity contribution in [3.05, 3.63) is 52.6 Å². The number of carbonyl (C=O) groups is 2. The van der Waals surface area contributed by atoms with E-state index in [4.69, 9.17) is 0 Å². The number of amides is 1. The molecule has 1 saturated heterocycles. The molecule has 1 amide bonds. The molecule has 0 aromatic carbocycles. The summed E-state index contributed by atoms with van der Waals surface area (Å²) in [7, 11) is 5.69. The monoisotopic (exact) mass is 397 g/mol. The zero-order valence-corrected chi connectivity index (χ0v) is 17.5. The molecule has 1 fully saturated rings. The molecule has 154 valence electrons. The highest BCUT2D eigenvalue weighted by Crippen LogP contribution is 2.40. The van der Waals surface area contributed by atoms with Crippen LogP contribution in [0.3, 0.4) is 0 Å². The molecule has 0 saturated carbocycles. The van der Waals surface area contributed by atoms with Crippen LogP contribution >= 0.6 is 0 Å². The van der Waals surface area contributed by atoms with Gasteiger partial charge in [-0.2, -0.15) is 5.10 Å². The van der Waals surface area contributed by atoms with E-state index in [0.717, 1.165) is 12.2 Å². The first-order valence-electron chi connectivity index (χ1n) is 9.57. The van der Waals surface area contributed by atoms with E-state index in [-0.39, 0.29) is 11.3 Å². The quantitative estimate of drug-likeness (QED) is 0.454. The number of carbonyl (C=O) groups excluding carboxylic acids is 2. The Bertz CT molecular complexity index is 962. The van der Waals surface area contributed by atoms with Gasteiger partial charge in [0.15, 0.2) is 0 Å². The highest BCUT2D eigenvalue weighted by molar-refractivity contribution is 6.46. The third-order valence-electron chi connectivity index (χ3n) is 5.29. The molecule has 0 unspecified atom stereocenters. The molecule has 2 aromatic rings. The highest BCUT2D eigenvalue weighted by atomic mass is 16.3. The number of rotatable bonds is 6. The minimum Gasteiger partial charge on any atom is -0.507 e. The van der Waals surface area contributed by atoms with Crippen LogP contribution in [0.2, 0.25) is 0 Å². The summed E-state index contributed by atoms with van der Waals surface area (Å²) in [5, 5.41) is 15.5. The second-order valence-corrected chi connectivity index (χ2v) is 7.61. The van der Waals surface area contributed by atoms with E-state index in [1.54, 1.807) is 37.1 Å². The number of aromatic nitrogens is 3. The van der Waals surface area contributed by atoms with Gasteiger partial charge in [0.1, 0.15) is 5.76 Å². The number of hydrogen-bond acceptors (Lipinski definition) is 6. The van der Waals surface area contributed by atoms with Crippen molar-refractivity contribution in [2.75, 3.05) is 27.2 Å². The topological polar surface area (TPSA) is 91.6 Å². The molecular weight excluding hydrogens is 370 g/mol. The van der Waals surface area contributed by atoms with Crippen LogP contribution in [0.25, 0.3) is 5.76 Å². The fourth-order valence-electron chi connectivity index (χ4n) is 3.80. The molecule has 0 spiro atoms. The Morgan fingerprint density at radius 1 is 1.28 bits per heavy atom. The van der Waals surface area contributed by atoms with Crippen molar-refractivity contribution in [3.63, 3.8) is 0 Å². The predicted molar refractivity (Wildman–Crippen MR) is 109 cm³/mol. The maximum absolute atomic E-state index is 13.0. The van der Waals surface area contributed by atoms with Crippen LogP contribution in [0.1, 0.15) is 35.0 Å². The number of likely N-dealkylation sites (tertiary alicyclic amines) is 1. The van der Waals surface area contributed by atoms with Gasteiger partial charge in [-0.3, -0.25) is 19.3 Å². The fourth-order valence-corrected chi connectivity index (χ4v) is 3.80. The molecule has 0 aliphatic carbocycles. The number of aliphatic hydroxyl groups excluding tert-OH is 1. The van der Waals surface area contributed by atoms with Gasteiger partial charge in [0.05, 0.1) is 22.9 Å². The Balaban J connectivity index is 2.13. The zero-order chi connectivity index (χ0) is 21.3. The smallest absolute Gasteiger partial charge is 0.295 e. The van der Waals surface area contributed by atoms with E-state index in [1.807, 2.05) is 32.0 Å². The van der Waals surface area contributed by atoms with E-state index in [9.17, 15) is 14.7 Å². The summed E-state index contributed by atoms with van der Waals surface area (Å²) in [4.78, 5) is 33.5. The van der Waals surface area contributed by atoms with E-state index in [0.29, 0.717) is 29.8 Å². The molecule has 8 heteroatoms. The molecule has 8 nitrogen and oxygen atoms in total. The van der Waals surface area contributed by atoms with Gasteiger partial charge < -0.3 is 14.9 Å². The van der Waals surface area contributed by atoms with Gasteiger partial charge in [0, 0.05) is 31.7 Å². The van der Waals surface area contributed by atoms with Crippen molar-refractivity contribution in [3.8, 4) is 0 Å². The van der Waals surface area contributed by atoms with E-state index in [2.05, 4.69) is 10.1 Å². The van der Waals surface area contributed by atoms with Crippen molar-refractivity contribution in [1.29, 1.82) is 0 Å². The second-order valence-electron chi connectivity index (χ2n) is 7.61. The lowest BCUT2D eigenvalue weighted by atomic mass is 9.95. The van der Waals surface area contributed by atoms with Crippen LogP contribution in [-0.4, -0.2) is 68.5 Å².